The zero-order valence-electron chi connectivity index (χ0n) is 48.9. The highest BCUT2D eigenvalue weighted by molar-refractivity contribution is 5.71. The fraction of sp³-hybridized carbons (Fsp3) is 0.836. The van der Waals surface area contributed by atoms with Crippen LogP contribution in [0.5, 0.6) is 0 Å². The van der Waals surface area contributed by atoms with Crippen LogP contribution in [0.4, 0.5) is 0 Å². The maximum atomic E-state index is 12.9. The van der Waals surface area contributed by atoms with Crippen molar-refractivity contribution in [3.63, 3.8) is 0 Å². The van der Waals surface area contributed by atoms with Gasteiger partial charge >= 0.3 is 17.9 Å². The Hall–Kier alpha value is -2.63. The summed E-state index contributed by atoms with van der Waals surface area (Å²) in [6.45, 7) is 6.59. The molecule has 0 radical (unpaired) electrons. The van der Waals surface area contributed by atoms with Gasteiger partial charge in [0.1, 0.15) is 13.2 Å². The summed E-state index contributed by atoms with van der Waals surface area (Å²) in [7, 11) is 0. The first-order chi connectivity index (χ1) is 36.0. The molecule has 6 nitrogen and oxygen atoms in total. The molecule has 73 heavy (non-hydrogen) atoms. The first kappa shape index (κ1) is 70.4. The lowest BCUT2D eigenvalue weighted by molar-refractivity contribution is -0.167. The molecule has 0 aliphatic rings. The number of rotatable bonds is 59. The van der Waals surface area contributed by atoms with Crippen LogP contribution in [-0.2, 0) is 28.6 Å². The second kappa shape index (κ2) is 61.9. The van der Waals surface area contributed by atoms with E-state index in [-0.39, 0.29) is 31.1 Å². The Labute approximate surface area is 454 Å². The smallest absolute Gasteiger partial charge is 0.306 e. The summed E-state index contributed by atoms with van der Waals surface area (Å²) in [4.78, 5) is 38.2. The van der Waals surface area contributed by atoms with E-state index in [2.05, 4.69) is 69.4 Å². The molecule has 0 N–H and O–H groups in total. The molecule has 0 aromatic carbocycles. The molecule has 0 aromatic rings. The topological polar surface area (TPSA) is 78.9 Å². The van der Waals surface area contributed by atoms with Gasteiger partial charge in [-0.2, -0.15) is 0 Å². The van der Waals surface area contributed by atoms with Gasteiger partial charge in [0.2, 0.25) is 0 Å². The number of hydrogen-bond acceptors (Lipinski definition) is 6. The first-order valence-corrected chi connectivity index (χ1v) is 32.1. The zero-order valence-corrected chi connectivity index (χ0v) is 48.9. The van der Waals surface area contributed by atoms with E-state index in [4.69, 9.17) is 14.2 Å². The average molecular weight is 1020 g/mol. The minimum atomic E-state index is -0.778. The Balaban J connectivity index is 4.13. The van der Waals surface area contributed by atoms with E-state index in [1.54, 1.807) is 0 Å². The van der Waals surface area contributed by atoms with Crippen LogP contribution >= 0.6 is 0 Å². The summed E-state index contributed by atoms with van der Waals surface area (Å²) in [6.07, 6.45) is 77.1. The molecule has 0 rings (SSSR count). The molecule has 1 atom stereocenters. The number of esters is 3. The molecule has 0 aliphatic carbocycles. The van der Waals surface area contributed by atoms with Gasteiger partial charge in [0.05, 0.1) is 0 Å². The van der Waals surface area contributed by atoms with Crippen molar-refractivity contribution in [3.8, 4) is 0 Å². The van der Waals surface area contributed by atoms with E-state index in [9.17, 15) is 14.4 Å². The lowest BCUT2D eigenvalue weighted by Crippen LogP contribution is -2.30. The van der Waals surface area contributed by atoms with Crippen molar-refractivity contribution < 1.29 is 28.6 Å². The Morgan fingerprint density at radius 1 is 0.274 bits per heavy atom. The molecule has 0 fully saturated rings. The fourth-order valence-electron chi connectivity index (χ4n) is 9.41. The van der Waals surface area contributed by atoms with Crippen LogP contribution in [0, 0.1) is 0 Å². The van der Waals surface area contributed by atoms with Crippen LogP contribution in [0.1, 0.15) is 342 Å². The molecule has 0 bridgehead atoms. The first-order valence-electron chi connectivity index (χ1n) is 32.1. The third-order valence-corrected chi connectivity index (χ3v) is 14.3. The number of carbonyl (C=O) groups is 3. The summed E-state index contributed by atoms with van der Waals surface area (Å²) in [5, 5.41) is 0. The van der Waals surface area contributed by atoms with Crippen LogP contribution in [-0.4, -0.2) is 37.2 Å². The normalized spacial score (nSPS) is 12.3. The predicted octanol–water partition coefficient (Wildman–Crippen LogP) is 21.8. The van der Waals surface area contributed by atoms with Crippen LogP contribution in [0.25, 0.3) is 0 Å². The molecule has 0 spiro atoms. The quantitative estimate of drug-likeness (QED) is 0.0261. The van der Waals surface area contributed by atoms with Crippen LogP contribution in [0.15, 0.2) is 48.6 Å². The Morgan fingerprint density at radius 3 is 0.822 bits per heavy atom. The van der Waals surface area contributed by atoms with Gasteiger partial charge in [0, 0.05) is 19.3 Å². The molecular formula is C67H122O6. The van der Waals surface area contributed by atoms with Gasteiger partial charge in [-0.3, -0.25) is 14.4 Å². The van der Waals surface area contributed by atoms with E-state index in [1.165, 1.54) is 218 Å². The molecule has 0 amide bonds. The molecule has 6 heteroatoms. The fourth-order valence-corrected chi connectivity index (χ4v) is 9.41. The average Bonchev–Trinajstić information content (AvgIpc) is 3.39. The van der Waals surface area contributed by atoms with Gasteiger partial charge in [-0.25, -0.2) is 0 Å². The number of carbonyl (C=O) groups excluding carboxylic acids is 3. The third kappa shape index (κ3) is 60.1. The molecule has 0 aromatic heterocycles. The zero-order chi connectivity index (χ0) is 52.9. The van der Waals surface area contributed by atoms with E-state index in [1.807, 2.05) is 0 Å². The van der Waals surface area contributed by atoms with Crippen LogP contribution in [0.2, 0.25) is 0 Å². The highest BCUT2D eigenvalue weighted by Crippen LogP contribution is 2.17. The largest absolute Gasteiger partial charge is 0.462 e. The summed E-state index contributed by atoms with van der Waals surface area (Å²) in [6, 6.07) is 0. The highest BCUT2D eigenvalue weighted by atomic mass is 16.6. The van der Waals surface area contributed by atoms with E-state index >= 15 is 0 Å². The second-order valence-electron chi connectivity index (χ2n) is 21.7. The van der Waals surface area contributed by atoms with Crippen molar-refractivity contribution in [2.24, 2.45) is 0 Å². The van der Waals surface area contributed by atoms with Crippen molar-refractivity contribution in [1.29, 1.82) is 0 Å². The maximum Gasteiger partial charge on any atom is 0.306 e. The third-order valence-electron chi connectivity index (χ3n) is 14.3. The Bertz CT molecular complexity index is 1270. The van der Waals surface area contributed by atoms with Gasteiger partial charge in [0.15, 0.2) is 6.10 Å². The second-order valence-corrected chi connectivity index (χ2v) is 21.7. The summed E-state index contributed by atoms with van der Waals surface area (Å²) >= 11 is 0. The van der Waals surface area contributed by atoms with Crippen molar-refractivity contribution >= 4 is 17.9 Å². The predicted molar refractivity (Wildman–Crippen MR) is 316 cm³/mol. The minimum Gasteiger partial charge on any atom is -0.462 e. The molecule has 426 valence electrons. The lowest BCUT2D eigenvalue weighted by atomic mass is 10.0. The summed E-state index contributed by atoms with van der Waals surface area (Å²) in [5.41, 5.74) is 0. The number of ether oxygens (including phenoxy) is 3. The molecule has 0 heterocycles. The summed E-state index contributed by atoms with van der Waals surface area (Å²) < 4.78 is 16.9. The van der Waals surface area contributed by atoms with Gasteiger partial charge in [-0.05, 0) is 96.3 Å². The van der Waals surface area contributed by atoms with Gasteiger partial charge < -0.3 is 14.2 Å². The van der Waals surface area contributed by atoms with E-state index < -0.39 is 6.10 Å². The van der Waals surface area contributed by atoms with Crippen LogP contribution in [0.3, 0.4) is 0 Å². The van der Waals surface area contributed by atoms with Crippen molar-refractivity contribution in [2.45, 2.75) is 348 Å². The highest BCUT2D eigenvalue weighted by Gasteiger charge is 2.19. The Kier molecular flexibility index (Phi) is 59.7. The van der Waals surface area contributed by atoms with Crippen molar-refractivity contribution in [1.82, 2.24) is 0 Å². The van der Waals surface area contributed by atoms with Gasteiger partial charge in [-0.1, -0.05) is 275 Å². The number of unbranched alkanes of at least 4 members (excludes halogenated alkanes) is 40. The van der Waals surface area contributed by atoms with Crippen molar-refractivity contribution in [2.75, 3.05) is 13.2 Å². The summed E-state index contributed by atoms with van der Waals surface area (Å²) in [5.74, 6) is -0.879. The molecule has 0 saturated carbocycles. The van der Waals surface area contributed by atoms with Gasteiger partial charge in [-0.15, -0.1) is 0 Å². The number of allylic oxidation sites excluding steroid dienone is 8. The van der Waals surface area contributed by atoms with Crippen molar-refractivity contribution in [3.05, 3.63) is 48.6 Å². The molecule has 0 saturated heterocycles. The van der Waals surface area contributed by atoms with Gasteiger partial charge in [0.25, 0.3) is 0 Å². The number of hydrogen-bond donors (Lipinski definition) is 0. The molecule has 0 aliphatic heterocycles. The van der Waals surface area contributed by atoms with Crippen LogP contribution < -0.4 is 0 Å². The molecule has 1 unspecified atom stereocenters. The Morgan fingerprint density at radius 2 is 0.521 bits per heavy atom. The van der Waals surface area contributed by atoms with E-state index in [0.717, 1.165) is 83.5 Å². The molecular weight excluding hydrogens is 901 g/mol. The standard InChI is InChI=1S/C67H122O6/c1-4-7-10-13-16-19-22-24-26-28-29-30-31-32-33-34-35-36-37-38-39-40-42-43-45-48-51-54-57-60-66(69)72-63-64(62-71-65(68)59-56-53-50-47-21-18-15-12-9-6-3)73-67(70)61-58-55-52-49-46-44-41-27-25-23-20-17-14-11-8-5-2/h12,15,22,24,27-29,41,64H,4-11,13-14,16-21,23,25-26,30-40,42-63H2,1-3H3/b15-12-,24-22-,29-28-,41-27-. The maximum absolute atomic E-state index is 12.9. The monoisotopic (exact) mass is 1020 g/mol. The lowest BCUT2D eigenvalue weighted by Gasteiger charge is -2.18. The van der Waals surface area contributed by atoms with E-state index in [0.29, 0.717) is 19.3 Å². The minimum absolute atomic E-state index is 0.0761. The SMILES string of the molecule is CCC/C=C\CCCCCCCC(=O)OCC(COC(=O)CCCCCCCCCCCCCCCCCCC/C=C\C/C=C\CCCCCCC)OC(=O)CCCCCCC/C=C\CCCCCCCCC.